The summed E-state index contributed by atoms with van der Waals surface area (Å²) in [7, 11) is 0. The zero-order valence-corrected chi connectivity index (χ0v) is 31.5. The van der Waals surface area contributed by atoms with Crippen molar-refractivity contribution in [1.82, 2.24) is 20.1 Å². The van der Waals surface area contributed by atoms with Gasteiger partial charge in [-0.05, 0) is 96.1 Å². The molecular formula is C37H49N5O5S2. The summed E-state index contributed by atoms with van der Waals surface area (Å²) in [6.07, 6.45) is 4.55. The van der Waals surface area contributed by atoms with Crippen LogP contribution in [0.15, 0.2) is 24.3 Å². The minimum absolute atomic E-state index is 0.0329. The smallest absolute Gasteiger partial charge is 0.410 e. The molecular weight excluding hydrogens is 659 g/mol. The Hall–Kier alpha value is -3.48. The van der Waals surface area contributed by atoms with Crippen LogP contribution in [0.3, 0.4) is 0 Å². The molecule has 10 nitrogen and oxygen atoms in total. The number of hydrogen-bond acceptors (Lipinski definition) is 9. The van der Waals surface area contributed by atoms with Crippen LogP contribution in [0.25, 0.3) is 26.4 Å². The Labute approximate surface area is 297 Å². The van der Waals surface area contributed by atoms with Gasteiger partial charge in [-0.25, -0.2) is 14.6 Å². The third-order valence-electron chi connectivity index (χ3n) is 8.86. The first-order valence-electron chi connectivity index (χ1n) is 17.3. The number of anilines is 1. The summed E-state index contributed by atoms with van der Waals surface area (Å²) in [6.45, 7) is 17.6. The van der Waals surface area contributed by atoms with E-state index < -0.39 is 11.2 Å². The zero-order chi connectivity index (χ0) is 35.2. The van der Waals surface area contributed by atoms with Crippen LogP contribution in [0.2, 0.25) is 0 Å². The number of nitrogens with one attached hydrogen (secondary N) is 2. The van der Waals surface area contributed by atoms with Crippen LogP contribution in [0.5, 0.6) is 0 Å². The second kappa shape index (κ2) is 13.7. The molecule has 1 aliphatic carbocycles. The van der Waals surface area contributed by atoms with Crippen LogP contribution in [0.4, 0.5) is 14.6 Å². The molecule has 49 heavy (non-hydrogen) atoms. The van der Waals surface area contributed by atoms with E-state index in [1.54, 1.807) is 32.5 Å². The molecule has 0 atom stereocenters. The Morgan fingerprint density at radius 1 is 0.939 bits per heavy atom. The van der Waals surface area contributed by atoms with Gasteiger partial charge in [0.2, 0.25) is 5.91 Å². The van der Waals surface area contributed by atoms with Crippen molar-refractivity contribution in [3.8, 4) is 10.6 Å². The van der Waals surface area contributed by atoms with Gasteiger partial charge in [0, 0.05) is 48.1 Å². The van der Waals surface area contributed by atoms with Crippen LogP contribution in [0.1, 0.15) is 90.7 Å². The first kappa shape index (κ1) is 35.3. The second-order valence-corrected chi connectivity index (χ2v) is 17.8. The maximum absolute atomic E-state index is 13.5. The molecule has 0 unspecified atom stereocenters. The molecule has 0 saturated heterocycles. The molecule has 6 rings (SSSR count). The molecule has 264 valence electrons. The average Bonchev–Trinajstić information content (AvgIpc) is 3.56. The second-order valence-electron chi connectivity index (χ2n) is 15.6. The van der Waals surface area contributed by atoms with Gasteiger partial charge >= 0.3 is 12.2 Å². The minimum atomic E-state index is -0.576. The lowest BCUT2D eigenvalue weighted by atomic mass is 9.79. The van der Waals surface area contributed by atoms with Gasteiger partial charge in [-0.1, -0.05) is 26.0 Å². The summed E-state index contributed by atoms with van der Waals surface area (Å²) in [5, 5.41) is 8.50. The summed E-state index contributed by atoms with van der Waals surface area (Å²) in [5.74, 6) is 0.00753. The van der Waals surface area contributed by atoms with Gasteiger partial charge in [0.25, 0.3) is 0 Å². The molecule has 0 bridgehead atoms. The van der Waals surface area contributed by atoms with Gasteiger partial charge in [0.05, 0.1) is 16.8 Å². The van der Waals surface area contributed by atoms with Crippen molar-refractivity contribution in [3.63, 3.8) is 0 Å². The molecule has 1 fully saturated rings. The highest BCUT2D eigenvalue weighted by atomic mass is 32.1. The van der Waals surface area contributed by atoms with Gasteiger partial charge in [-0.2, -0.15) is 0 Å². The molecule has 12 heteroatoms. The Morgan fingerprint density at radius 3 is 2.24 bits per heavy atom. The van der Waals surface area contributed by atoms with Gasteiger partial charge in [0.15, 0.2) is 0 Å². The molecule has 0 radical (unpaired) electrons. The molecule has 1 aromatic carbocycles. The number of fused-ring (bicyclic) bond motifs is 2. The molecule has 3 amide bonds. The number of rotatable bonds is 6. The summed E-state index contributed by atoms with van der Waals surface area (Å²) < 4.78 is 12.3. The highest BCUT2D eigenvalue weighted by Crippen LogP contribution is 2.47. The molecule has 0 spiro atoms. The van der Waals surface area contributed by atoms with E-state index in [1.165, 1.54) is 5.57 Å². The maximum Gasteiger partial charge on any atom is 0.410 e. The number of carbonyl (C=O) groups excluding carboxylic acids is 3. The molecule has 3 aliphatic rings. The van der Waals surface area contributed by atoms with E-state index in [9.17, 15) is 14.4 Å². The number of ether oxygens (including phenoxy) is 2. The van der Waals surface area contributed by atoms with Gasteiger partial charge in [0.1, 0.15) is 21.2 Å². The molecule has 2 aliphatic heterocycles. The fourth-order valence-corrected chi connectivity index (χ4v) is 8.92. The van der Waals surface area contributed by atoms with E-state index in [0.717, 1.165) is 61.1 Å². The van der Waals surface area contributed by atoms with E-state index in [0.29, 0.717) is 44.7 Å². The van der Waals surface area contributed by atoms with Crippen molar-refractivity contribution in [2.45, 2.75) is 111 Å². The van der Waals surface area contributed by atoms with Crippen LogP contribution < -0.4 is 10.6 Å². The number of amides is 3. The van der Waals surface area contributed by atoms with E-state index in [-0.39, 0.29) is 24.0 Å². The Morgan fingerprint density at radius 2 is 1.61 bits per heavy atom. The van der Waals surface area contributed by atoms with Crippen molar-refractivity contribution < 1.29 is 23.9 Å². The topological polar surface area (TPSA) is 113 Å². The monoisotopic (exact) mass is 707 g/mol. The number of thiophene rings is 1. The van der Waals surface area contributed by atoms with E-state index in [2.05, 4.69) is 48.8 Å². The average molecular weight is 708 g/mol. The summed E-state index contributed by atoms with van der Waals surface area (Å²) in [4.78, 5) is 48.7. The van der Waals surface area contributed by atoms with Gasteiger partial charge in [-0.15, -0.1) is 22.7 Å². The maximum atomic E-state index is 13.5. The normalized spacial score (nSPS) is 19.7. The lowest BCUT2D eigenvalue weighted by Gasteiger charge is -2.36. The Kier molecular flexibility index (Phi) is 9.87. The predicted molar refractivity (Wildman–Crippen MR) is 197 cm³/mol. The van der Waals surface area contributed by atoms with Crippen molar-refractivity contribution >= 4 is 61.6 Å². The predicted octanol–water partition coefficient (Wildman–Crippen LogP) is 8.06. The fourth-order valence-electron chi connectivity index (χ4n) is 6.51. The summed E-state index contributed by atoms with van der Waals surface area (Å²) >= 11 is 3.17. The van der Waals surface area contributed by atoms with Crippen molar-refractivity contribution in [3.05, 3.63) is 40.3 Å². The summed E-state index contributed by atoms with van der Waals surface area (Å²) in [5.41, 5.74) is 4.24. The number of nitrogens with zero attached hydrogens (tertiary/aromatic N) is 3. The van der Waals surface area contributed by atoms with Crippen LogP contribution in [-0.2, 0) is 27.2 Å². The minimum Gasteiger partial charge on any atom is -0.444 e. The SMILES string of the molecule is CC(C)NC1CC(C(=O)Nc2sc3c(c2-c2nc4ccc(C5=CCN(C(=O)OC(C)(C)C)CC5)cc4s2)CCN(C(=O)OC(C)(C)C)C3)C1. The molecule has 4 heterocycles. The fraction of sp³-hybridized carbons (Fsp3) is 0.568. The number of hydrogen-bond donors (Lipinski definition) is 2. The van der Waals surface area contributed by atoms with E-state index in [1.807, 2.05) is 41.5 Å². The number of thiazole rings is 1. The van der Waals surface area contributed by atoms with Crippen LogP contribution in [-0.4, -0.2) is 75.8 Å². The van der Waals surface area contributed by atoms with Gasteiger partial charge < -0.3 is 29.9 Å². The van der Waals surface area contributed by atoms with Gasteiger partial charge in [-0.3, -0.25) is 4.79 Å². The lowest BCUT2D eigenvalue weighted by molar-refractivity contribution is -0.123. The van der Waals surface area contributed by atoms with Crippen LogP contribution in [0, 0.1) is 5.92 Å². The lowest BCUT2D eigenvalue weighted by Crippen LogP contribution is -2.48. The van der Waals surface area contributed by atoms with E-state index in [4.69, 9.17) is 14.5 Å². The highest BCUT2D eigenvalue weighted by Gasteiger charge is 2.37. The van der Waals surface area contributed by atoms with Crippen molar-refractivity contribution in [1.29, 1.82) is 0 Å². The summed E-state index contributed by atoms with van der Waals surface area (Å²) in [6, 6.07) is 7.10. The van der Waals surface area contributed by atoms with Crippen molar-refractivity contribution in [2.75, 3.05) is 25.0 Å². The third kappa shape index (κ3) is 8.29. The largest absolute Gasteiger partial charge is 0.444 e. The first-order chi connectivity index (χ1) is 23.0. The quantitative estimate of drug-likeness (QED) is 0.267. The standard InChI is InChI=1S/C37H49N5O5S2/c1-21(2)38-25-17-24(18-25)31(43)40-33-30(26-13-16-42(20-29(26)49-33)35(45)47-37(6,7)8)32-39-27-10-9-23(19-28(27)48-32)22-11-14-41(15-12-22)34(44)46-36(3,4)5/h9-11,19,21,24-25,38H,12-18,20H2,1-8H3,(H,40,43). The number of aromatic nitrogens is 1. The van der Waals surface area contributed by atoms with E-state index >= 15 is 0 Å². The molecule has 2 aromatic heterocycles. The number of carbonyl (C=O) groups is 3. The third-order valence-corrected chi connectivity index (χ3v) is 11.0. The van der Waals surface area contributed by atoms with Crippen LogP contribution >= 0.6 is 22.7 Å². The molecule has 3 aromatic rings. The Balaban J connectivity index is 1.26. The highest BCUT2D eigenvalue weighted by molar-refractivity contribution is 7.23. The number of benzene rings is 1. The zero-order valence-electron chi connectivity index (χ0n) is 29.9. The molecule has 1 saturated carbocycles. The molecule has 2 N–H and O–H groups in total. The first-order valence-corrected chi connectivity index (χ1v) is 18.9. The van der Waals surface area contributed by atoms with Crippen molar-refractivity contribution in [2.24, 2.45) is 5.92 Å². The Bertz CT molecular complexity index is 1770.